The van der Waals surface area contributed by atoms with Gasteiger partial charge in [0.15, 0.2) is 11.5 Å². The molecule has 0 bridgehead atoms. The van der Waals surface area contributed by atoms with Crippen molar-refractivity contribution in [3.8, 4) is 0 Å². The molecule has 6 nitrogen and oxygen atoms in total. The first-order valence-corrected chi connectivity index (χ1v) is 7.11. The van der Waals surface area contributed by atoms with Gasteiger partial charge in [-0.25, -0.2) is 4.79 Å². The van der Waals surface area contributed by atoms with Crippen molar-refractivity contribution in [3.63, 3.8) is 0 Å². The van der Waals surface area contributed by atoms with Crippen LogP contribution in [0.3, 0.4) is 0 Å². The van der Waals surface area contributed by atoms with Crippen molar-refractivity contribution in [1.82, 2.24) is 10.2 Å². The standard InChI is InChI=1S/C14H19N3O3/c18-11-3-1-6-14(11)7-2-8-17(9-14)12-5-4-10(13(19)20)15-16-12/h4-5,11,18H,1-3,6-9H2,(H,19,20)/t11-,14+/m1/s1. The Hall–Kier alpha value is -1.69. The van der Waals surface area contributed by atoms with Crippen molar-refractivity contribution in [2.24, 2.45) is 5.41 Å². The second-order valence-corrected chi connectivity index (χ2v) is 5.88. The minimum Gasteiger partial charge on any atom is -0.476 e. The molecule has 0 unspecified atom stereocenters. The summed E-state index contributed by atoms with van der Waals surface area (Å²) in [4.78, 5) is 12.9. The Kier molecular flexibility index (Phi) is 3.33. The zero-order valence-electron chi connectivity index (χ0n) is 11.3. The summed E-state index contributed by atoms with van der Waals surface area (Å²) in [5, 5.41) is 26.8. The molecule has 2 heterocycles. The normalized spacial score (nSPS) is 29.9. The second kappa shape index (κ2) is 5.01. The van der Waals surface area contributed by atoms with Gasteiger partial charge in [-0.3, -0.25) is 0 Å². The number of aromatic carboxylic acids is 1. The maximum absolute atomic E-state index is 10.8. The first-order valence-electron chi connectivity index (χ1n) is 7.11. The van der Waals surface area contributed by atoms with Gasteiger partial charge in [0.1, 0.15) is 0 Å². The Morgan fingerprint density at radius 1 is 1.30 bits per heavy atom. The average Bonchev–Trinajstić information content (AvgIpc) is 2.80. The Balaban J connectivity index is 1.78. The van der Waals surface area contributed by atoms with Gasteiger partial charge in [0.25, 0.3) is 0 Å². The number of rotatable bonds is 2. The molecule has 0 amide bonds. The molecule has 1 aliphatic heterocycles. The molecule has 20 heavy (non-hydrogen) atoms. The van der Waals surface area contributed by atoms with Gasteiger partial charge in [-0.1, -0.05) is 6.42 Å². The van der Waals surface area contributed by atoms with Crippen molar-refractivity contribution in [2.75, 3.05) is 18.0 Å². The number of carbonyl (C=O) groups is 1. The van der Waals surface area contributed by atoms with E-state index in [1.54, 1.807) is 6.07 Å². The molecule has 1 saturated heterocycles. The van der Waals surface area contributed by atoms with Gasteiger partial charge in [0.2, 0.25) is 0 Å². The van der Waals surface area contributed by atoms with Crippen LogP contribution in [-0.4, -0.2) is 45.6 Å². The third-order valence-electron chi connectivity index (χ3n) is 4.66. The van der Waals surface area contributed by atoms with Crippen LogP contribution >= 0.6 is 0 Å². The molecule has 6 heteroatoms. The van der Waals surface area contributed by atoms with Crippen molar-refractivity contribution in [3.05, 3.63) is 17.8 Å². The molecule has 1 saturated carbocycles. The Morgan fingerprint density at radius 2 is 2.10 bits per heavy atom. The number of hydrogen-bond acceptors (Lipinski definition) is 5. The molecule has 108 valence electrons. The summed E-state index contributed by atoms with van der Waals surface area (Å²) in [5.41, 5.74) is -0.0489. The number of aliphatic hydroxyl groups excluding tert-OH is 1. The van der Waals surface area contributed by atoms with E-state index in [9.17, 15) is 9.90 Å². The Labute approximate surface area is 117 Å². The molecule has 0 radical (unpaired) electrons. The first kappa shape index (κ1) is 13.3. The number of anilines is 1. The Bertz CT molecular complexity index is 505. The van der Waals surface area contributed by atoms with Gasteiger partial charge in [0.05, 0.1) is 6.10 Å². The van der Waals surface area contributed by atoms with Crippen LogP contribution < -0.4 is 4.90 Å². The van der Waals surface area contributed by atoms with Crippen LogP contribution in [0.1, 0.15) is 42.6 Å². The number of nitrogens with zero attached hydrogens (tertiary/aromatic N) is 3. The van der Waals surface area contributed by atoms with Gasteiger partial charge in [-0.05, 0) is 37.8 Å². The van der Waals surface area contributed by atoms with E-state index < -0.39 is 5.97 Å². The minimum absolute atomic E-state index is 0.00853. The van der Waals surface area contributed by atoms with E-state index in [0.717, 1.165) is 45.2 Å². The summed E-state index contributed by atoms with van der Waals surface area (Å²) in [6.07, 6.45) is 4.89. The van der Waals surface area contributed by atoms with Crippen LogP contribution in [0.5, 0.6) is 0 Å². The summed E-state index contributed by atoms with van der Waals surface area (Å²) in [5.74, 6) is -0.362. The van der Waals surface area contributed by atoms with Crippen molar-refractivity contribution in [1.29, 1.82) is 0 Å². The van der Waals surface area contributed by atoms with Gasteiger partial charge >= 0.3 is 5.97 Å². The molecular formula is C14H19N3O3. The predicted molar refractivity (Wildman–Crippen MR) is 72.7 cm³/mol. The maximum atomic E-state index is 10.8. The van der Waals surface area contributed by atoms with Crippen LogP contribution in [0.4, 0.5) is 5.82 Å². The monoisotopic (exact) mass is 277 g/mol. The topological polar surface area (TPSA) is 86.5 Å². The number of carboxylic acids is 1. The first-order chi connectivity index (χ1) is 9.61. The molecular weight excluding hydrogens is 258 g/mol. The van der Waals surface area contributed by atoms with Gasteiger partial charge in [-0.15, -0.1) is 10.2 Å². The van der Waals surface area contributed by atoms with Crippen LogP contribution in [0.2, 0.25) is 0 Å². The molecule has 1 aliphatic carbocycles. The summed E-state index contributed by atoms with van der Waals surface area (Å²) in [6.45, 7) is 1.67. The molecule has 2 aliphatic rings. The summed E-state index contributed by atoms with van der Waals surface area (Å²) in [7, 11) is 0. The highest BCUT2D eigenvalue weighted by molar-refractivity contribution is 5.85. The fourth-order valence-electron chi connectivity index (χ4n) is 3.56. The Morgan fingerprint density at radius 3 is 2.70 bits per heavy atom. The quantitative estimate of drug-likeness (QED) is 0.847. The van der Waals surface area contributed by atoms with Crippen molar-refractivity contribution >= 4 is 11.8 Å². The third-order valence-corrected chi connectivity index (χ3v) is 4.66. The fraction of sp³-hybridized carbons (Fsp3) is 0.643. The van der Waals surface area contributed by atoms with Gasteiger partial charge < -0.3 is 15.1 Å². The maximum Gasteiger partial charge on any atom is 0.356 e. The molecule has 2 atom stereocenters. The SMILES string of the molecule is O=C(O)c1ccc(N2CCC[C@@]3(CCC[C@H]3O)C2)nn1. The van der Waals surface area contributed by atoms with E-state index in [1.807, 2.05) is 0 Å². The summed E-state index contributed by atoms with van der Waals surface area (Å²) in [6, 6.07) is 3.19. The van der Waals surface area contributed by atoms with E-state index in [4.69, 9.17) is 5.11 Å². The number of aliphatic hydroxyl groups is 1. The average molecular weight is 277 g/mol. The van der Waals surface area contributed by atoms with Gasteiger partial charge in [-0.2, -0.15) is 0 Å². The molecule has 1 aromatic heterocycles. The largest absolute Gasteiger partial charge is 0.476 e. The highest BCUT2D eigenvalue weighted by Gasteiger charge is 2.44. The molecule has 0 aromatic carbocycles. The number of carboxylic acid groups (broad SMARTS) is 1. The van der Waals surface area contributed by atoms with Crippen LogP contribution in [0.25, 0.3) is 0 Å². The lowest BCUT2D eigenvalue weighted by Crippen LogP contribution is -2.47. The lowest BCUT2D eigenvalue weighted by molar-refractivity contribution is 0.0407. The third kappa shape index (κ3) is 2.24. The number of aromatic nitrogens is 2. The van der Waals surface area contributed by atoms with E-state index in [-0.39, 0.29) is 17.2 Å². The smallest absolute Gasteiger partial charge is 0.356 e. The molecule has 3 rings (SSSR count). The predicted octanol–water partition coefficient (Wildman–Crippen LogP) is 1.31. The van der Waals surface area contributed by atoms with E-state index in [1.165, 1.54) is 6.07 Å². The van der Waals surface area contributed by atoms with Gasteiger partial charge in [0, 0.05) is 18.5 Å². The fourth-order valence-corrected chi connectivity index (χ4v) is 3.56. The summed E-state index contributed by atoms with van der Waals surface area (Å²) >= 11 is 0. The van der Waals surface area contributed by atoms with E-state index >= 15 is 0 Å². The number of piperidine rings is 1. The zero-order valence-corrected chi connectivity index (χ0v) is 11.3. The molecule has 2 fully saturated rings. The zero-order chi connectivity index (χ0) is 14.2. The highest BCUT2D eigenvalue weighted by Crippen LogP contribution is 2.45. The van der Waals surface area contributed by atoms with Crippen molar-refractivity contribution in [2.45, 2.75) is 38.2 Å². The van der Waals surface area contributed by atoms with E-state index in [0.29, 0.717) is 5.82 Å². The second-order valence-electron chi connectivity index (χ2n) is 5.88. The van der Waals surface area contributed by atoms with Crippen LogP contribution in [0, 0.1) is 5.41 Å². The highest BCUT2D eigenvalue weighted by atomic mass is 16.4. The molecule has 1 aromatic rings. The molecule has 1 spiro atoms. The number of hydrogen-bond donors (Lipinski definition) is 2. The van der Waals surface area contributed by atoms with Crippen LogP contribution in [0.15, 0.2) is 12.1 Å². The lowest BCUT2D eigenvalue weighted by Gasteiger charge is -2.42. The minimum atomic E-state index is -1.06. The van der Waals surface area contributed by atoms with E-state index in [2.05, 4.69) is 15.1 Å². The lowest BCUT2D eigenvalue weighted by atomic mass is 9.77. The summed E-state index contributed by atoms with van der Waals surface area (Å²) < 4.78 is 0. The van der Waals surface area contributed by atoms with Crippen LogP contribution in [-0.2, 0) is 0 Å². The molecule has 2 N–H and O–H groups in total. The van der Waals surface area contributed by atoms with Crippen molar-refractivity contribution < 1.29 is 15.0 Å².